The molecule has 0 spiro atoms. The number of para-hydroxylation sites is 2. The first kappa shape index (κ1) is 17.6. The van der Waals surface area contributed by atoms with E-state index in [2.05, 4.69) is 5.32 Å². The molecule has 1 unspecified atom stereocenters. The van der Waals surface area contributed by atoms with Gasteiger partial charge in [0.2, 0.25) is 0 Å². The zero-order chi connectivity index (χ0) is 17.5. The maximum atomic E-state index is 11.1. The topological polar surface area (TPSA) is 93.9 Å². The van der Waals surface area contributed by atoms with Crippen LogP contribution in [0.4, 0.5) is 11.4 Å². The third-order valence-corrected chi connectivity index (χ3v) is 3.51. The van der Waals surface area contributed by atoms with Crippen molar-refractivity contribution in [2.45, 2.75) is 13.0 Å². The van der Waals surface area contributed by atoms with Crippen LogP contribution in [0, 0.1) is 10.1 Å². The lowest BCUT2D eigenvalue weighted by atomic mass is 10.1. The van der Waals surface area contributed by atoms with Crippen LogP contribution < -0.4 is 14.8 Å². The van der Waals surface area contributed by atoms with Gasteiger partial charge in [-0.3, -0.25) is 10.1 Å². The van der Waals surface area contributed by atoms with Gasteiger partial charge in [-0.25, -0.2) is 0 Å². The maximum Gasteiger partial charge on any atom is 0.292 e. The highest BCUT2D eigenvalue weighted by Crippen LogP contribution is 2.33. The molecule has 2 N–H and O–H groups in total. The normalized spacial score (nSPS) is 11.6. The van der Waals surface area contributed by atoms with E-state index in [-0.39, 0.29) is 24.9 Å². The van der Waals surface area contributed by atoms with E-state index in [0.717, 1.165) is 5.56 Å². The monoisotopic (exact) mass is 332 g/mol. The van der Waals surface area contributed by atoms with E-state index >= 15 is 0 Å². The molecule has 2 aromatic carbocycles. The van der Waals surface area contributed by atoms with Crippen LogP contribution in [0.3, 0.4) is 0 Å². The molecule has 0 radical (unpaired) electrons. The number of hydrogen-bond acceptors (Lipinski definition) is 6. The largest absolute Gasteiger partial charge is 0.493 e. The molecule has 2 aromatic rings. The van der Waals surface area contributed by atoms with Crippen molar-refractivity contribution in [3.05, 3.63) is 58.1 Å². The van der Waals surface area contributed by atoms with Crippen molar-refractivity contribution < 1.29 is 19.5 Å². The number of nitro groups is 1. The summed E-state index contributed by atoms with van der Waals surface area (Å²) < 4.78 is 10.7. The minimum absolute atomic E-state index is 0.0271. The molecule has 0 fully saturated rings. The first-order chi connectivity index (χ1) is 11.6. The Kier molecular flexibility index (Phi) is 5.97. The van der Waals surface area contributed by atoms with Crippen LogP contribution in [0.2, 0.25) is 0 Å². The van der Waals surface area contributed by atoms with E-state index < -0.39 is 4.92 Å². The molecule has 0 bridgehead atoms. The molecular formula is C17H20N2O5. The van der Waals surface area contributed by atoms with Crippen molar-refractivity contribution in [2.75, 3.05) is 25.6 Å². The zero-order valence-corrected chi connectivity index (χ0v) is 13.6. The summed E-state index contributed by atoms with van der Waals surface area (Å²) in [5.41, 5.74) is 1.37. The second-order valence-electron chi connectivity index (χ2n) is 5.12. The van der Waals surface area contributed by atoms with E-state index in [1.165, 1.54) is 13.2 Å². The van der Waals surface area contributed by atoms with Crippen LogP contribution in [-0.4, -0.2) is 30.4 Å². The molecule has 2 rings (SSSR count). The van der Waals surface area contributed by atoms with Gasteiger partial charge in [-0.1, -0.05) is 18.2 Å². The Hall–Kier alpha value is -2.80. The van der Waals surface area contributed by atoms with Gasteiger partial charge < -0.3 is 19.9 Å². The molecule has 0 aliphatic carbocycles. The molecule has 7 nitrogen and oxygen atoms in total. The third-order valence-electron chi connectivity index (χ3n) is 3.51. The fourth-order valence-electron chi connectivity index (χ4n) is 2.30. The molecule has 0 saturated heterocycles. The van der Waals surface area contributed by atoms with Crippen LogP contribution >= 0.6 is 0 Å². The van der Waals surface area contributed by atoms with Gasteiger partial charge in [-0.15, -0.1) is 0 Å². The Morgan fingerprint density at radius 2 is 2.00 bits per heavy atom. The van der Waals surface area contributed by atoms with E-state index in [9.17, 15) is 10.1 Å². The summed E-state index contributed by atoms with van der Waals surface area (Å²) in [5.74, 6) is 1.07. The molecule has 0 saturated carbocycles. The average molecular weight is 332 g/mol. The fraction of sp³-hybridized carbons (Fsp3) is 0.294. The minimum Gasteiger partial charge on any atom is -0.493 e. The number of nitro benzene ring substituents is 1. The third kappa shape index (κ3) is 4.14. The van der Waals surface area contributed by atoms with Crippen molar-refractivity contribution in [3.63, 3.8) is 0 Å². The van der Waals surface area contributed by atoms with Crippen LogP contribution in [-0.2, 0) is 0 Å². The second-order valence-corrected chi connectivity index (χ2v) is 5.12. The lowest BCUT2D eigenvalue weighted by Crippen LogP contribution is -2.09. The summed E-state index contributed by atoms with van der Waals surface area (Å²) in [5, 5.41) is 23.1. The van der Waals surface area contributed by atoms with Crippen molar-refractivity contribution in [1.82, 2.24) is 0 Å². The van der Waals surface area contributed by atoms with Crippen molar-refractivity contribution >= 4 is 11.4 Å². The van der Waals surface area contributed by atoms with Crippen LogP contribution in [0.25, 0.3) is 0 Å². The Balaban J connectivity index is 2.21. The van der Waals surface area contributed by atoms with Crippen molar-refractivity contribution in [2.24, 2.45) is 0 Å². The molecule has 128 valence electrons. The van der Waals surface area contributed by atoms with Gasteiger partial charge in [0.15, 0.2) is 11.5 Å². The maximum absolute atomic E-state index is 11.1. The second kappa shape index (κ2) is 8.16. The van der Waals surface area contributed by atoms with Crippen LogP contribution in [0.1, 0.15) is 18.5 Å². The molecule has 1 atom stereocenters. The molecule has 0 heterocycles. The zero-order valence-electron chi connectivity index (χ0n) is 13.6. The molecule has 0 aliphatic heterocycles. The molecule has 0 amide bonds. The number of anilines is 1. The smallest absolute Gasteiger partial charge is 0.292 e. The van der Waals surface area contributed by atoms with Gasteiger partial charge in [0.1, 0.15) is 12.3 Å². The number of ether oxygens (including phenoxy) is 2. The summed E-state index contributed by atoms with van der Waals surface area (Å²) >= 11 is 0. The number of rotatable bonds is 8. The Morgan fingerprint density at radius 1 is 1.25 bits per heavy atom. The van der Waals surface area contributed by atoms with Gasteiger partial charge in [0.25, 0.3) is 5.69 Å². The highest BCUT2D eigenvalue weighted by molar-refractivity contribution is 5.62. The molecule has 7 heteroatoms. The van der Waals surface area contributed by atoms with Gasteiger partial charge in [0, 0.05) is 12.1 Å². The number of hydrogen-bond donors (Lipinski definition) is 2. The van der Waals surface area contributed by atoms with E-state index in [4.69, 9.17) is 14.6 Å². The number of nitrogens with zero attached hydrogens (tertiary/aromatic N) is 1. The first-order valence-electron chi connectivity index (χ1n) is 7.48. The number of nitrogens with one attached hydrogen (secondary N) is 1. The highest BCUT2D eigenvalue weighted by atomic mass is 16.6. The van der Waals surface area contributed by atoms with Gasteiger partial charge >= 0.3 is 0 Å². The summed E-state index contributed by atoms with van der Waals surface area (Å²) in [6.45, 7) is 2.00. The fourth-order valence-corrected chi connectivity index (χ4v) is 2.30. The Labute approximate surface area is 140 Å². The summed E-state index contributed by atoms with van der Waals surface area (Å²) in [7, 11) is 1.53. The number of aliphatic hydroxyl groups is 1. The van der Waals surface area contributed by atoms with Gasteiger partial charge in [-0.05, 0) is 30.7 Å². The number of benzene rings is 2. The predicted molar refractivity (Wildman–Crippen MR) is 90.7 cm³/mol. The van der Waals surface area contributed by atoms with Gasteiger partial charge in [-0.2, -0.15) is 0 Å². The molecular weight excluding hydrogens is 312 g/mol. The van der Waals surface area contributed by atoms with E-state index in [0.29, 0.717) is 17.2 Å². The lowest BCUT2D eigenvalue weighted by Gasteiger charge is -2.18. The van der Waals surface area contributed by atoms with E-state index in [1.54, 1.807) is 30.3 Å². The Morgan fingerprint density at radius 3 is 2.67 bits per heavy atom. The van der Waals surface area contributed by atoms with Crippen molar-refractivity contribution in [3.8, 4) is 11.5 Å². The number of methoxy groups -OCH3 is 1. The standard InChI is InChI=1S/C17H20N2O5/c1-12(18-14-5-3-4-6-15(14)19(21)22)13-7-8-16(24-10-9-20)17(11-13)23-2/h3-8,11-12,18,20H,9-10H2,1-2H3. The highest BCUT2D eigenvalue weighted by Gasteiger charge is 2.16. The number of aliphatic hydroxyl groups excluding tert-OH is 1. The van der Waals surface area contributed by atoms with Crippen LogP contribution in [0.15, 0.2) is 42.5 Å². The first-order valence-corrected chi connectivity index (χ1v) is 7.48. The Bertz CT molecular complexity index is 705. The molecule has 24 heavy (non-hydrogen) atoms. The average Bonchev–Trinajstić information content (AvgIpc) is 2.60. The summed E-state index contributed by atoms with van der Waals surface area (Å²) in [6.07, 6.45) is 0. The molecule has 0 aliphatic rings. The predicted octanol–water partition coefficient (Wildman–Crippen LogP) is 3.15. The van der Waals surface area contributed by atoms with Crippen LogP contribution in [0.5, 0.6) is 11.5 Å². The quantitative estimate of drug-likeness (QED) is 0.570. The summed E-state index contributed by atoms with van der Waals surface area (Å²) in [4.78, 5) is 10.7. The SMILES string of the molecule is COc1cc(C(C)Nc2ccccc2[N+](=O)[O-])ccc1OCCO. The van der Waals surface area contributed by atoms with Gasteiger partial charge in [0.05, 0.1) is 18.6 Å². The van der Waals surface area contributed by atoms with E-state index in [1.807, 2.05) is 13.0 Å². The molecule has 0 aromatic heterocycles. The lowest BCUT2D eigenvalue weighted by molar-refractivity contribution is -0.384. The van der Waals surface area contributed by atoms with Crippen molar-refractivity contribution in [1.29, 1.82) is 0 Å². The summed E-state index contributed by atoms with van der Waals surface area (Å²) in [6, 6.07) is 11.7. The minimum atomic E-state index is -0.415.